The third-order valence-electron chi connectivity index (χ3n) is 3.43. The molecule has 2 rings (SSSR count). The van der Waals surface area contributed by atoms with Crippen molar-refractivity contribution in [2.75, 3.05) is 13.1 Å². The molecular weight excluding hydrogens is 297 g/mol. The molecule has 0 saturated carbocycles. The summed E-state index contributed by atoms with van der Waals surface area (Å²) in [6.45, 7) is 7.17. The number of hydrogen-bond donors (Lipinski definition) is 1. The lowest BCUT2D eigenvalue weighted by Crippen LogP contribution is -2.37. The molecule has 2 heterocycles. The molecule has 1 amide bonds. The van der Waals surface area contributed by atoms with Crippen LogP contribution in [-0.2, 0) is 19.5 Å². The first-order valence-electron chi connectivity index (χ1n) is 7.49. The molecule has 1 aliphatic heterocycles. The average Bonchev–Trinajstić information content (AvgIpc) is 2.84. The Morgan fingerprint density at radius 2 is 1.95 bits per heavy atom. The van der Waals surface area contributed by atoms with Gasteiger partial charge in [0.1, 0.15) is 5.82 Å². The van der Waals surface area contributed by atoms with Crippen LogP contribution in [0.2, 0.25) is 0 Å². The van der Waals surface area contributed by atoms with E-state index in [9.17, 15) is 18.0 Å². The lowest BCUT2D eigenvalue weighted by Gasteiger charge is -2.29. The highest BCUT2D eigenvalue weighted by atomic mass is 19.4. The van der Waals surface area contributed by atoms with Gasteiger partial charge in [0.05, 0.1) is 12.1 Å². The number of primary amides is 1. The van der Waals surface area contributed by atoms with Crippen LogP contribution in [0.25, 0.3) is 0 Å². The Balaban J connectivity index is 0.00000116. The van der Waals surface area contributed by atoms with Gasteiger partial charge in [0.2, 0.25) is 0 Å². The normalized spacial score (nSPS) is 15.0. The fraction of sp³-hybridized carbons (Fsp3) is 0.714. The highest BCUT2D eigenvalue weighted by Crippen LogP contribution is 2.23. The van der Waals surface area contributed by atoms with Gasteiger partial charge in [-0.1, -0.05) is 20.8 Å². The molecule has 22 heavy (non-hydrogen) atoms. The highest BCUT2D eigenvalue weighted by Gasteiger charge is 2.30. The molecule has 0 bridgehead atoms. The van der Waals surface area contributed by atoms with Crippen molar-refractivity contribution < 1.29 is 18.0 Å². The fourth-order valence-corrected chi connectivity index (χ4v) is 2.44. The summed E-state index contributed by atoms with van der Waals surface area (Å²) in [6.07, 6.45) is -4.37. The quantitative estimate of drug-likeness (QED) is 0.926. The van der Waals surface area contributed by atoms with Gasteiger partial charge >= 0.3 is 6.18 Å². The van der Waals surface area contributed by atoms with Crippen LogP contribution < -0.4 is 5.73 Å². The molecule has 0 atom stereocenters. The number of carbonyl (C=O) groups is 1. The standard InChI is InChI=1S/C12H17F3N4O.C2H6/c1-2-9-17-10(11(16)20)8-7-18(5-6-19(8)9)4-3-12(13,14)15;1-2/h2-7H2,1H3,(H2,16,20);1-2H3. The first kappa shape index (κ1) is 18.5. The molecular formula is C14H23F3N4O. The van der Waals surface area contributed by atoms with E-state index in [1.807, 2.05) is 25.3 Å². The van der Waals surface area contributed by atoms with Crippen molar-refractivity contribution in [1.82, 2.24) is 14.5 Å². The smallest absolute Gasteiger partial charge is 0.364 e. The minimum Gasteiger partial charge on any atom is -0.364 e. The van der Waals surface area contributed by atoms with E-state index in [0.717, 1.165) is 5.82 Å². The fourth-order valence-electron chi connectivity index (χ4n) is 2.44. The van der Waals surface area contributed by atoms with E-state index in [2.05, 4.69) is 4.98 Å². The molecule has 1 aromatic rings. The van der Waals surface area contributed by atoms with Crippen molar-refractivity contribution in [3.63, 3.8) is 0 Å². The number of imidazole rings is 1. The second-order valence-electron chi connectivity index (χ2n) is 4.83. The van der Waals surface area contributed by atoms with E-state index in [-0.39, 0.29) is 18.8 Å². The van der Waals surface area contributed by atoms with Crippen LogP contribution >= 0.6 is 0 Å². The van der Waals surface area contributed by atoms with Gasteiger partial charge in [-0.15, -0.1) is 0 Å². The maximum absolute atomic E-state index is 12.3. The minimum absolute atomic E-state index is 0.0751. The van der Waals surface area contributed by atoms with Crippen LogP contribution in [-0.4, -0.2) is 39.6 Å². The highest BCUT2D eigenvalue weighted by molar-refractivity contribution is 5.92. The number of nitrogens with zero attached hydrogens (tertiary/aromatic N) is 3. The number of hydrogen-bond acceptors (Lipinski definition) is 3. The van der Waals surface area contributed by atoms with E-state index < -0.39 is 18.5 Å². The number of rotatable bonds is 4. The Morgan fingerprint density at radius 3 is 2.45 bits per heavy atom. The third kappa shape index (κ3) is 4.46. The summed E-state index contributed by atoms with van der Waals surface area (Å²) in [5.74, 6) is 0.121. The number of amides is 1. The first-order chi connectivity index (χ1) is 10.3. The molecule has 0 aromatic carbocycles. The van der Waals surface area contributed by atoms with Crippen molar-refractivity contribution >= 4 is 5.91 Å². The van der Waals surface area contributed by atoms with Gasteiger partial charge in [-0.25, -0.2) is 4.98 Å². The molecule has 5 nitrogen and oxygen atoms in total. The second kappa shape index (κ2) is 7.62. The molecule has 0 spiro atoms. The molecule has 126 valence electrons. The third-order valence-corrected chi connectivity index (χ3v) is 3.43. The van der Waals surface area contributed by atoms with Crippen molar-refractivity contribution in [2.24, 2.45) is 5.73 Å². The largest absolute Gasteiger partial charge is 0.390 e. The number of nitrogens with two attached hydrogens (primary N) is 1. The van der Waals surface area contributed by atoms with Crippen LogP contribution in [0.4, 0.5) is 13.2 Å². The van der Waals surface area contributed by atoms with E-state index in [1.54, 1.807) is 4.90 Å². The maximum Gasteiger partial charge on any atom is 0.390 e. The van der Waals surface area contributed by atoms with Crippen molar-refractivity contribution in [1.29, 1.82) is 0 Å². The molecule has 0 saturated heterocycles. The Hall–Kier alpha value is -1.57. The summed E-state index contributed by atoms with van der Waals surface area (Å²) in [6, 6.07) is 0. The number of aromatic nitrogens is 2. The van der Waals surface area contributed by atoms with Crippen LogP contribution in [0.15, 0.2) is 0 Å². The molecule has 0 fully saturated rings. The predicted molar refractivity (Wildman–Crippen MR) is 77.4 cm³/mol. The molecule has 0 unspecified atom stereocenters. The Bertz CT molecular complexity index is 511. The van der Waals surface area contributed by atoms with Gasteiger partial charge in [0, 0.05) is 32.6 Å². The zero-order valence-electron chi connectivity index (χ0n) is 13.2. The summed E-state index contributed by atoms with van der Waals surface area (Å²) in [5.41, 5.74) is 6.09. The summed E-state index contributed by atoms with van der Waals surface area (Å²) in [4.78, 5) is 17.2. The number of halogens is 3. The van der Waals surface area contributed by atoms with E-state index >= 15 is 0 Å². The molecule has 2 N–H and O–H groups in total. The van der Waals surface area contributed by atoms with Gasteiger partial charge in [-0.2, -0.15) is 13.2 Å². The first-order valence-corrected chi connectivity index (χ1v) is 7.49. The monoisotopic (exact) mass is 320 g/mol. The molecule has 0 radical (unpaired) electrons. The Labute approximate surface area is 128 Å². The SMILES string of the molecule is CC.CCc1nc(C(N)=O)c2n1CCN(CCC(F)(F)F)C2. The van der Waals surface area contributed by atoms with Gasteiger partial charge < -0.3 is 10.3 Å². The average molecular weight is 320 g/mol. The number of fused-ring (bicyclic) bond motifs is 1. The lowest BCUT2D eigenvalue weighted by molar-refractivity contribution is -0.138. The molecule has 0 aliphatic carbocycles. The van der Waals surface area contributed by atoms with Crippen LogP contribution in [0, 0.1) is 0 Å². The van der Waals surface area contributed by atoms with Gasteiger partial charge in [0.25, 0.3) is 5.91 Å². The van der Waals surface area contributed by atoms with Gasteiger partial charge in [-0.3, -0.25) is 9.69 Å². The zero-order valence-corrected chi connectivity index (χ0v) is 13.2. The molecule has 1 aromatic heterocycles. The second-order valence-corrected chi connectivity index (χ2v) is 4.83. The number of aryl methyl sites for hydroxylation is 1. The summed E-state index contributed by atoms with van der Waals surface area (Å²) >= 11 is 0. The maximum atomic E-state index is 12.3. The van der Waals surface area contributed by atoms with E-state index in [4.69, 9.17) is 5.73 Å². The lowest BCUT2D eigenvalue weighted by atomic mass is 10.2. The van der Waals surface area contributed by atoms with Crippen LogP contribution in [0.1, 0.15) is 49.2 Å². The Kier molecular flexibility index (Phi) is 6.40. The minimum atomic E-state index is -4.17. The van der Waals surface area contributed by atoms with E-state index in [1.165, 1.54) is 0 Å². The van der Waals surface area contributed by atoms with Crippen LogP contribution in [0.5, 0.6) is 0 Å². The van der Waals surface area contributed by atoms with E-state index in [0.29, 0.717) is 25.2 Å². The van der Waals surface area contributed by atoms with Crippen molar-refractivity contribution in [3.05, 3.63) is 17.2 Å². The van der Waals surface area contributed by atoms with Crippen molar-refractivity contribution in [2.45, 2.75) is 52.9 Å². The molecule has 8 heteroatoms. The molecule has 1 aliphatic rings. The van der Waals surface area contributed by atoms with Crippen molar-refractivity contribution in [3.8, 4) is 0 Å². The van der Waals surface area contributed by atoms with Gasteiger partial charge in [0.15, 0.2) is 5.69 Å². The number of carbonyl (C=O) groups excluding carboxylic acids is 1. The topological polar surface area (TPSA) is 64.1 Å². The summed E-state index contributed by atoms with van der Waals surface area (Å²) in [5, 5.41) is 0. The van der Waals surface area contributed by atoms with Gasteiger partial charge in [-0.05, 0) is 0 Å². The summed E-state index contributed by atoms with van der Waals surface area (Å²) < 4.78 is 38.7. The Morgan fingerprint density at radius 1 is 1.32 bits per heavy atom. The number of alkyl halides is 3. The van der Waals surface area contributed by atoms with Crippen LogP contribution in [0.3, 0.4) is 0 Å². The predicted octanol–water partition coefficient (Wildman–Crippen LogP) is 2.34. The summed E-state index contributed by atoms with van der Waals surface area (Å²) in [7, 11) is 0. The zero-order chi connectivity index (χ0) is 16.9.